The van der Waals surface area contributed by atoms with E-state index in [9.17, 15) is 0 Å². The number of anilines is 1. The zero-order valence-corrected chi connectivity index (χ0v) is 11.4. The first-order chi connectivity index (χ1) is 7.91. The van der Waals surface area contributed by atoms with Gasteiger partial charge in [-0.25, -0.2) is 0 Å². The van der Waals surface area contributed by atoms with Crippen LogP contribution in [0.5, 0.6) is 0 Å². The summed E-state index contributed by atoms with van der Waals surface area (Å²) >= 11 is 0. The molecule has 0 amide bonds. The smallest absolute Gasteiger partial charge is 0.0440 e. The van der Waals surface area contributed by atoms with E-state index in [1.54, 1.807) is 0 Å². The first kappa shape index (κ1) is 12.0. The second kappa shape index (κ2) is 4.06. The van der Waals surface area contributed by atoms with E-state index in [2.05, 4.69) is 76.2 Å². The third kappa shape index (κ3) is 2.14. The van der Waals surface area contributed by atoms with Gasteiger partial charge in [-0.15, -0.1) is 0 Å². The predicted molar refractivity (Wildman–Crippen MR) is 77.0 cm³/mol. The molecule has 0 aliphatic heterocycles. The Balaban J connectivity index is 2.80. The van der Waals surface area contributed by atoms with Crippen LogP contribution in [0.3, 0.4) is 0 Å². The van der Waals surface area contributed by atoms with Crippen molar-refractivity contribution in [2.75, 3.05) is 19.0 Å². The van der Waals surface area contributed by atoms with Gasteiger partial charge in [-0.1, -0.05) is 51.1 Å². The van der Waals surface area contributed by atoms with Crippen molar-refractivity contribution in [3.63, 3.8) is 0 Å². The average Bonchev–Trinajstić information content (AvgIpc) is 2.26. The Labute approximate surface area is 104 Å². The van der Waals surface area contributed by atoms with E-state index in [1.807, 2.05) is 0 Å². The molecule has 0 atom stereocenters. The maximum absolute atomic E-state index is 2.27. The topological polar surface area (TPSA) is 3.24 Å². The third-order valence-electron chi connectivity index (χ3n) is 3.19. The molecule has 17 heavy (non-hydrogen) atoms. The minimum absolute atomic E-state index is 0.185. The van der Waals surface area contributed by atoms with E-state index in [1.165, 1.54) is 22.0 Å². The number of benzene rings is 2. The molecule has 0 fully saturated rings. The van der Waals surface area contributed by atoms with Crippen LogP contribution in [0.1, 0.15) is 26.3 Å². The summed E-state index contributed by atoms with van der Waals surface area (Å²) in [6.07, 6.45) is 0. The lowest BCUT2D eigenvalue weighted by Crippen LogP contribution is -2.14. The molecule has 0 saturated heterocycles. The molecular weight excluding hydrogens is 206 g/mol. The van der Waals surface area contributed by atoms with Crippen LogP contribution < -0.4 is 4.90 Å². The maximum atomic E-state index is 2.27. The van der Waals surface area contributed by atoms with E-state index in [0.717, 1.165) is 0 Å². The summed E-state index contributed by atoms with van der Waals surface area (Å²) in [5.41, 5.74) is 2.89. The third-order valence-corrected chi connectivity index (χ3v) is 3.19. The number of nitrogens with zero attached hydrogens (tertiary/aromatic N) is 1. The fourth-order valence-corrected chi connectivity index (χ4v) is 2.33. The Morgan fingerprint density at radius 3 is 1.94 bits per heavy atom. The van der Waals surface area contributed by atoms with Crippen LogP contribution in [0.15, 0.2) is 36.4 Å². The first-order valence-corrected chi connectivity index (χ1v) is 6.11. The minimum atomic E-state index is 0.185. The Morgan fingerprint density at radius 2 is 1.41 bits per heavy atom. The quantitative estimate of drug-likeness (QED) is 0.705. The molecule has 0 aliphatic carbocycles. The second-order valence-electron chi connectivity index (χ2n) is 5.82. The Kier molecular flexibility index (Phi) is 2.86. The molecule has 0 spiro atoms. The summed E-state index contributed by atoms with van der Waals surface area (Å²) in [6.45, 7) is 6.80. The van der Waals surface area contributed by atoms with Crippen LogP contribution >= 0.6 is 0 Å². The molecule has 0 heterocycles. The fourth-order valence-electron chi connectivity index (χ4n) is 2.33. The van der Waals surface area contributed by atoms with Gasteiger partial charge in [0.05, 0.1) is 0 Å². The summed E-state index contributed by atoms with van der Waals surface area (Å²) in [7, 11) is 4.19. The van der Waals surface area contributed by atoms with Crippen molar-refractivity contribution >= 4 is 16.5 Å². The summed E-state index contributed by atoms with van der Waals surface area (Å²) in [5, 5.41) is 2.70. The second-order valence-corrected chi connectivity index (χ2v) is 5.82. The van der Waals surface area contributed by atoms with Crippen LogP contribution in [0, 0.1) is 0 Å². The zero-order chi connectivity index (χ0) is 12.6. The van der Waals surface area contributed by atoms with Crippen LogP contribution in [0.2, 0.25) is 0 Å². The monoisotopic (exact) mass is 227 g/mol. The van der Waals surface area contributed by atoms with Crippen LogP contribution in [-0.4, -0.2) is 14.1 Å². The van der Waals surface area contributed by atoms with Crippen molar-refractivity contribution in [1.29, 1.82) is 0 Å². The molecule has 2 aromatic carbocycles. The lowest BCUT2D eigenvalue weighted by Gasteiger charge is -2.24. The van der Waals surface area contributed by atoms with Gasteiger partial charge in [0, 0.05) is 25.2 Å². The van der Waals surface area contributed by atoms with Gasteiger partial charge in [0.15, 0.2) is 0 Å². The zero-order valence-electron chi connectivity index (χ0n) is 11.4. The van der Waals surface area contributed by atoms with Gasteiger partial charge < -0.3 is 4.90 Å². The molecule has 0 N–H and O–H groups in total. The van der Waals surface area contributed by atoms with Crippen molar-refractivity contribution in [3.8, 4) is 0 Å². The number of rotatable bonds is 1. The van der Waals surface area contributed by atoms with Crippen molar-refractivity contribution < 1.29 is 0 Å². The summed E-state index contributed by atoms with van der Waals surface area (Å²) in [5.74, 6) is 0. The molecule has 1 nitrogen and oxygen atoms in total. The van der Waals surface area contributed by atoms with E-state index in [4.69, 9.17) is 0 Å². The van der Waals surface area contributed by atoms with Gasteiger partial charge in [0.2, 0.25) is 0 Å². The molecule has 0 radical (unpaired) electrons. The van der Waals surface area contributed by atoms with Crippen LogP contribution in [0.4, 0.5) is 5.69 Å². The SMILES string of the molecule is CN(C)c1ccc(C(C)(C)C)c2ccccc12. The molecule has 2 rings (SSSR count). The van der Waals surface area contributed by atoms with Gasteiger partial charge in [0.1, 0.15) is 0 Å². The van der Waals surface area contributed by atoms with Gasteiger partial charge in [0.25, 0.3) is 0 Å². The summed E-state index contributed by atoms with van der Waals surface area (Å²) in [4.78, 5) is 2.18. The van der Waals surface area contributed by atoms with Gasteiger partial charge >= 0.3 is 0 Å². The van der Waals surface area contributed by atoms with Crippen molar-refractivity contribution in [2.24, 2.45) is 0 Å². The highest BCUT2D eigenvalue weighted by molar-refractivity contribution is 5.96. The minimum Gasteiger partial charge on any atom is -0.377 e. The van der Waals surface area contributed by atoms with Crippen molar-refractivity contribution in [3.05, 3.63) is 42.0 Å². The Morgan fingerprint density at radius 1 is 0.824 bits per heavy atom. The number of hydrogen-bond acceptors (Lipinski definition) is 1. The van der Waals surface area contributed by atoms with Gasteiger partial charge in [-0.2, -0.15) is 0 Å². The molecule has 2 aromatic rings. The van der Waals surface area contributed by atoms with Gasteiger partial charge in [-0.05, 0) is 22.4 Å². The van der Waals surface area contributed by atoms with E-state index >= 15 is 0 Å². The highest BCUT2D eigenvalue weighted by atomic mass is 15.1. The van der Waals surface area contributed by atoms with Gasteiger partial charge in [-0.3, -0.25) is 0 Å². The fraction of sp³-hybridized carbons (Fsp3) is 0.375. The largest absolute Gasteiger partial charge is 0.377 e. The maximum Gasteiger partial charge on any atom is 0.0440 e. The molecular formula is C16H21N. The number of fused-ring (bicyclic) bond motifs is 1. The molecule has 0 saturated carbocycles. The number of hydrogen-bond donors (Lipinski definition) is 0. The molecule has 0 bridgehead atoms. The summed E-state index contributed by atoms with van der Waals surface area (Å²) < 4.78 is 0. The normalized spacial score (nSPS) is 11.8. The highest BCUT2D eigenvalue weighted by Gasteiger charge is 2.17. The highest BCUT2D eigenvalue weighted by Crippen LogP contribution is 2.34. The van der Waals surface area contributed by atoms with Crippen LogP contribution in [0.25, 0.3) is 10.8 Å². The molecule has 0 unspecified atom stereocenters. The first-order valence-electron chi connectivity index (χ1n) is 6.11. The standard InChI is InChI=1S/C16H21N/c1-16(2,3)14-10-11-15(17(4)5)13-9-7-6-8-12(13)14/h6-11H,1-5H3. The van der Waals surface area contributed by atoms with Crippen molar-refractivity contribution in [2.45, 2.75) is 26.2 Å². The lowest BCUT2D eigenvalue weighted by molar-refractivity contribution is 0.596. The van der Waals surface area contributed by atoms with Crippen molar-refractivity contribution in [1.82, 2.24) is 0 Å². The van der Waals surface area contributed by atoms with Crippen LogP contribution in [-0.2, 0) is 5.41 Å². The molecule has 90 valence electrons. The Hall–Kier alpha value is -1.50. The predicted octanol–water partition coefficient (Wildman–Crippen LogP) is 4.20. The molecule has 1 heteroatoms. The van der Waals surface area contributed by atoms with E-state index < -0.39 is 0 Å². The lowest BCUT2D eigenvalue weighted by atomic mass is 9.83. The Bertz CT molecular complexity index is 533. The summed E-state index contributed by atoms with van der Waals surface area (Å²) in [6, 6.07) is 13.2. The average molecular weight is 227 g/mol. The molecule has 0 aliphatic rings. The molecule has 0 aromatic heterocycles. The van der Waals surface area contributed by atoms with E-state index in [0.29, 0.717) is 0 Å². The van der Waals surface area contributed by atoms with E-state index in [-0.39, 0.29) is 5.41 Å².